The average molecular weight is 243 g/mol. The number of benzene rings is 1. The van der Waals surface area contributed by atoms with Gasteiger partial charge in [-0.05, 0) is 18.6 Å². The Morgan fingerprint density at radius 3 is 3.00 bits per heavy atom. The van der Waals surface area contributed by atoms with E-state index in [9.17, 15) is 9.59 Å². The third kappa shape index (κ3) is 2.35. The number of carbonyl (C=O) groups is 2. The van der Waals surface area contributed by atoms with Crippen LogP contribution in [-0.4, -0.2) is 18.0 Å². The maximum Gasteiger partial charge on any atom is 0.315 e. The van der Waals surface area contributed by atoms with E-state index < -0.39 is 18.0 Å². The number of esters is 1. The minimum Gasteiger partial charge on any atom is -0.449 e. The summed E-state index contributed by atoms with van der Waals surface area (Å²) in [5.41, 5.74) is 1.43. The average Bonchev–Trinajstić information content (AvgIpc) is 2.37. The monoisotopic (exact) mass is 243 g/mol. The van der Waals surface area contributed by atoms with Gasteiger partial charge in [0.25, 0.3) is 0 Å². The van der Waals surface area contributed by atoms with Gasteiger partial charge in [-0.25, -0.2) is 0 Å². The Balaban J connectivity index is 2.26. The molecule has 18 heavy (non-hydrogen) atoms. The molecule has 1 N–H and O–H groups in total. The van der Waals surface area contributed by atoms with Crippen molar-refractivity contribution in [3.63, 3.8) is 0 Å². The highest BCUT2D eigenvalue weighted by atomic mass is 16.5. The van der Waals surface area contributed by atoms with Gasteiger partial charge in [-0.2, -0.15) is 0 Å². The van der Waals surface area contributed by atoms with E-state index in [0.29, 0.717) is 5.69 Å². The molecule has 4 heteroatoms. The number of anilines is 1. The minimum absolute atomic E-state index is 0.0904. The zero-order valence-corrected chi connectivity index (χ0v) is 9.97. The van der Waals surface area contributed by atoms with E-state index in [4.69, 9.17) is 11.2 Å². The van der Waals surface area contributed by atoms with E-state index >= 15 is 0 Å². The molecule has 1 heterocycles. The summed E-state index contributed by atoms with van der Waals surface area (Å²) in [6.07, 6.45) is 4.67. The summed E-state index contributed by atoms with van der Waals surface area (Å²) < 4.78 is 5.09. The number of carbonyl (C=O) groups excluding carboxylic acids is 2. The molecule has 0 unspecified atom stereocenters. The Bertz CT molecular complexity index is 530. The van der Waals surface area contributed by atoms with E-state index in [1.807, 2.05) is 6.07 Å². The molecule has 1 aliphatic heterocycles. The van der Waals surface area contributed by atoms with Gasteiger partial charge in [0, 0.05) is 12.1 Å². The molecule has 4 nitrogen and oxygen atoms in total. The molecule has 0 aliphatic carbocycles. The normalized spacial score (nSPS) is 19.1. The highest BCUT2D eigenvalue weighted by Gasteiger charge is 2.32. The zero-order chi connectivity index (χ0) is 13.1. The fourth-order valence-corrected chi connectivity index (χ4v) is 1.91. The van der Waals surface area contributed by atoms with Crippen molar-refractivity contribution in [2.24, 2.45) is 0 Å². The summed E-state index contributed by atoms with van der Waals surface area (Å²) in [4.78, 5) is 23.5. The zero-order valence-electron chi connectivity index (χ0n) is 9.97. The van der Waals surface area contributed by atoms with Gasteiger partial charge < -0.3 is 10.1 Å². The molecule has 0 saturated heterocycles. The summed E-state index contributed by atoms with van der Waals surface area (Å²) in [5, 5.41) is 2.73. The number of terminal acetylenes is 1. The molecule has 92 valence electrons. The molecule has 2 rings (SSSR count). The molecule has 0 fully saturated rings. The first-order valence-corrected chi connectivity index (χ1v) is 5.67. The van der Waals surface area contributed by atoms with Crippen LogP contribution < -0.4 is 5.32 Å². The number of rotatable bonds is 2. The lowest BCUT2D eigenvalue weighted by Gasteiger charge is -2.24. The Morgan fingerprint density at radius 2 is 2.28 bits per heavy atom. The molecule has 1 aromatic carbocycles. The van der Waals surface area contributed by atoms with Crippen LogP contribution in [0, 0.1) is 12.3 Å². The van der Waals surface area contributed by atoms with Crippen LogP contribution >= 0.6 is 0 Å². The minimum atomic E-state index is -0.588. The molecule has 0 saturated carbocycles. The van der Waals surface area contributed by atoms with E-state index in [1.165, 1.54) is 0 Å². The van der Waals surface area contributed by atoms with E-state index in [2.05, 4.69) is 11.2 Å². The number of fused-ring (bicyclic) bond motifs is 1. The molecular weight excluding hydrogens is 230 g/mol. The van der Waals surface area contributed by atoms with Crippen molar-refractivity contribution in [1.29, 1.82) is 0 Å². The molecule has 0 radical (unpaired) electrons. The molecule has 0 bridgehead atoms. The molecule has 0 spiro atoms. The highest BCUT2D eigenvalue weighted by Crippen LogP contribution is 2.32. The Hall–Kier alpha value is -2.28. The van der Waals surface area contributed by atoms with Crippen LogP contribution in [0.4, 0.5) is 5.69 Å². The molecule has 1 amide bonds. The second kappa shape index (κ2) is 4.92. The lowest BCUT2D eigenvalue weighted by molar-refractivity contribution is -0.149. The van der Waals surface area contributed by atoms with E-state index in [-0.39, 0.29) is 12.3 Å². The van der Waals surface area contributed by atoms with Crippen LogP contribution in [0.5, 0.6) is 0 Å². The van der Waals surface area contributed by atoms with Crippen LogP contribution in [0.2, 0.25) is 0 Å². The van der Waals surface area contributed by atoms with Crippen molar-refractivity contribution in [3.8, 4) is 12.3 Å². The lowest BCUT2D eigenvalue weighted by Crippen LogP contribution is -2.29. The Kier molecular flexibility index (Phi) is 3.33. The maximum absolute atomic E-state index is 12.0. The van der Waals surface area contributed by atoms with Crippen molar-refractivity contribution < 1.29 is 14.3 Å². The van der Waals surface area contributed by atoms with Crippen molar-refractivity contribution >= 4 is 17.6 Å². The number of hydrogen-bond donors (Lipinski definition) is 1. The third-order valence-electron chi connectivity index (χ3n) is 2.81. The van der Waals surface area contributed by atoms with Gasteiger partial charge >= 0.3 is 5.97 Å². The van der Waals surface area contributed by atoms with Gasteiger partial charge in [0.05, 0.1) is 5.92 Å². The van der Waals surface area contributed by atoms with Crippen LogP contribution in [0.1, 0.15) is 24.8 Å². The van der Waals surface area contributed by atoms with E-state index in [0.717, 1.165) is 5.56 Å². The molecule has 2 atom stereocenters. The second-order valence-electron chi connectivity index (χ2n) is 4.14. The largest absolute Gasteiger partial charge is 0.449 e. The van der Waals surface area contributed by atoms with Gasteiger partial charge in [-0.1, -0.05) is 24.1 Å². The Labute approximate surface area is 105 Å². The molecule has 1 aromatic rings. The fourth-order valence-electron chi connectivity index (χ4n) is 1.91. The SMILES string of the molecule is C#C[C@H](C)OC(=O)[C@H]1CC(=O)Nc2ccccc21. The van der Waals surface area contributed by atoms with Crippen LogP contribution in [0.25, 0.3) is 0 Å². The van der Waals surface area contributed by atoms with Crippen molar-refractivity contribution in [3.05, 3.63) is 29.8 Å². The van der Waals surface area contributed by atoms with Crippen molar-refractivity contribution in [2.45, 2.75) is 25.4 Å². The van der Waals surface area contributed by atoms with Gasteiger partial charge in [0.1, 0.15) is 0 Å². The predicted molar refractivity (Wildman–Crippen MR) is 66.8 cm³/mol. The number of ether oxygens (including phenoxy) is 1. The first-order chi connectivity index (χ1) is 8.61. The highest BCUT2D eigenvalue weighted by molar-refractivity contribution is 5.99. The number of amides is 1. The molecular formula is C14H13NO3. The van der Waals surface area contributed by atoms with E-state index in [1.54, 1.807) is 25.1 Å². The maximum atomic E-state index is 12.0. The van der Waals surface area contributed by atoms with Crippen molar-refractivity contribution in [2.75, 3.05) is 5.32 Å². The summed E-state index contributed by atoms with van der Waals surface area (Å²) in [6, 6.07) is 7.19. The van der Waals surface area contributed by atoms with Gasteiger partial charge in [-0.15, -0.1) is 6.42 Å². The van der Waals surface area contributed by atoms with Crippen LogP contribution in [0.15, 0.2) is 24.3 Å². The smallest absolute Gasteiger partial charge is 0.315 e. The number of hydrogen-bond acceptors (Lipinski definition) is 3. The first kappa shape index (κ1) is 12.2. The standard InChI is InChI=1S/C14H13NO3/c1-3-9(2)18-14(17)11-8-13(16)15-12-7-5-4-6-10(11)12/h1,4-7,9,11H,8H2,2H3,(H,15,16)/t9-,11-/m0/s1. The predicted octanol–water partition coefficient (Wildman–Crippen LogP) is 1.68. The van der Waals surface area contributed by atoms with Crippen LogP contribution in [-0.2, 0) is 14.3 Å². The topological polar surface area (TPSA) is 55.4 Å². The lowest BCUT2D eigenvalue weighted by atomic mass is 9.90. The molecule has 1 aliphatic rings. The van der Waals surface area contributed by atoms with Gasteiger partial charge in [-0.3, -0.25) is 9.59 Å². The summed E-state index contributed by atoms with van der Waals surface area (Å²) in [7, 11) is 0. The molecule has 0 aromatic heterocycles. The summed E-state index contributed by atoms with van der Waals surface area (Å²) in [5.74, 6) is 1.10. The van der Waals surface area contributed by atoms with Crippen molar-refractivity contribution in [1.82, 2.24) is 0 Å². The first-order valence-electron chi connectivity index (χ1n) is 5.67. The summed E-state index contributed by atoms with van der Waals surface area (Å²) >= 11 is 0. The second-order valence-corrected chi connectivity index (χ2v) is 4.14. The number of nitrogens with one attached hydrogen (secondary N) is 1. The fraction of sp³-hybridized carbons (Fsp3) is 0.286. The van der Waals surface area contributed by atoms with Crippen LogP contribution in [0.3, 0.4) is 0 Å². The van der Waals surface area contributed by atoms with Gasteiger partial charge in [0.15, 0.2) is 6.10 Å². The Morgan fingerprint density at radius 1 is 1.56 bits per heavy atom. The summed E-state index contributed by atoms with van der Waals surface area (Å²) in [6.45, 7) is 1.62. The van der Waals surface area contributed by atoms with Gasteiger partial charge in [0.2, 0.25) is 5.91 Å². The number of para-hydroxylation sites is 1. The quantitative estimate of drug-likeness (QED) is 0.635. The third-order valence-corrected chi connectivity index (χ3v) is 2.81.